The second-order valence-electron chi connectivity index (χ2n) is 8.21. The molecule has 1 atom stereocenters. The lowest BCUT2D eigenvalue weighted by Gasteiger charge is -2.33. The van der Waals surface area contributed by atoms with Crippen LogP contribution in [0.5, 0.6) is 5.75 Å². The number of methoxy groups -OCH3 is 1. The fourth-order valence-electron chi connectivity index (χ4n) is 3.90. The van der Waals surface area contributed by atoms with Crippen molar-refractivity contribution in [3.8, 4) is 5.75 Å². The number of amides is 2. The molecule has 1 N–H and O–H groups in total. The Morgan fingerprint density at radius 3 is 2.24 bits per heavy atom. The first-order chi connectivity index (χ1) is 17.7. The van der Waals surface area contributed by atoms with Crippen molar-refractivity contribution < 1.29 is 22.7 Å². The largest absolute Gasteiger partial charge is 0.497 e. The monoisotopic (exact) mass is 543 g/mol. The average Bonchev–Trinajstić information content (AvgIpc) is 2.91. The third kappa shape index (κ3) is 6.81. The average molecular weight is 544 g/mol. The van der Waals surface area contributed by atoms with Crippen LogP contribution in [0.25, 0.3) is 0 Å². The van der Waals surface area contributed by atoms with E-state index in [1.807, 2.05) is 30.3 Å². The normalized spacial score (nSPS) is 11.9. The first-order valence-corrected chi connectivity index (χ1v) is 13.5. The smallest absolute Gasteiger partial charge is 0.264 e. The molecule has 10 heteroatoms. The van der Waals surface area contributed by atoms with Crippen molar-refractivity contribution in [3.05, 3.63) is 89.4 Å². The van der Waals surface area contributed by atoms with E-state index in [-0.39, 0.29) is 23.0 Å². The van der Waals surface area contributed by atoms with Crippen LogP contribution in [0.4, 0.5) is 5.69 Å². The minimum Gasteiger partial charge on any atom is -0.497 e. The molecular weight excluding hydrogens is 514 g/mol. The van der Waals surface area contributed by atoms with Crippen molar-refractivity contribution in [2.24, 2.45) is 0 Å². The maximum absolute atomic E-state index is 13.8. The van der Waals surface area contributed by atoms with Gasteiger partial charge >= 0.3 is 0 Å². The fourth-order valence-corrected chi connectivity index (χ4v) is 5.49. The van der Waals surface area contributed by atoms with Gasteiger partial charge in [-0.05, 0) is 54.4 Å². The number of benzene rings is 3. The number of hydrogen-bond acceptors (Lipinski definition) is 5. The third-order valence-electron chi connectivity index (χ3n) is 5.85. The van der Waals surface area contributed by atoms with Crippen LogP contribution >= 0.6 is 11.6 Å². The molecule has 3 aromatic carbocycles. The van der Waals surface area contributed by atoms with Crippen LogP contribution < -0.4 is 14.4 Å². The van der Waals surface area contributed by atoms with Crippen molar-refractivity contribution in [2.45, 2.75) is 30.8 Å². The topological polar surface area (TPSA) is 96.0 Å². The summed E-state index contributed by atoms with van der Waals surface area (Å²) in [6.45, 7) is 1.40. The molecule has 2 amide bonds. The van der Waals surface area contributed by atoms with Crippen LogP contribution in [0, 0.1) is 0 Å². The second kappa shape index (κ2) is 12.6. The van der Waals surface area contributed by atoms with E-state index in [0.717, 1.165) is 9.87 Å². The Morgan fingerprint density at radius 1 is 1.00 bits per heavy atom. The summed E-state index contributed by atoms with van der Waals surface area (Å²) in [5.74, 6) is -0.370. The van der Waals surface area contributed by atoms with E-state index in [0.29, 0.717) is 17.2 Å². The molecule has 0 heterocycles. The van der Waals surface area contributed by atoms with Gasteiger partial charge in [-0.25, -0.2) is 8.42 Å². The Morgan fingerprint density at radius 2 is 1.68 bits per heavy atom. The molecule has 0 bridgehead atoms. The molecule has 3 rings (SSSR count). The van der Waals surface area contributed by atoms with Crippen molar-refractivity contribution >= 4 is 39.1 Å². The van der Waals surface area contributed by atoms with Crippen molar-refractivity contribution in [1.82, 2.24) is 10.2 Å². The number of carbonyl (C=O) groups excluding carboxylic acids is 2. The number of hydrogen-bond donors (Lipinski definition) is 1. The lowest BCUT2D eigenvalue weighted by molar-refractivity contribution is -0.140. The number of nitrogens with zero attached hydrogens (tertiary/aromatic N) is 2. The van der Waals surface area contributed by atoms with E-state index in [2.05, 4.69) is 5.32 Å². The highest BCUT2D eigenvalue weighted by Crippen LogP contribution is 2.28. The molecule has 0 saturated heterocycles. The molecular formula is C27H30ClN3O5S. The minimum atomic E-state index is -4.18. The first kappa shape index (κ1) is 28.0. The molecule has 196 valence electrons. The Kier molecular flexibility index (Phi) is 9.54. The molecule has 0 saturated carbocycles. The molecule has 37 heavy (non-hydrogen) atoms. The highest BCUT2D eigenvalue weighted by molar-refractivity contribution is 7.92. The highest BCUT2D eigenvalue weighted by Gasteiger charge is 2.33. The Bertz CT molecular complexity index is 1320. The van der Waals surface area contributed by atoms with Gasteiger partial charge in [0.1, 0.15) is 18.3 Å². The Balaban J connectivity index is 2.05. The molecule has 0 aromatic heterocycles. The molecule has 0 spiro atoms. The van der Waals surface area contributed by atoms with Gasteiger partial charge in [0.15, 0.2) is 0 Å². The summed E-state index contributed by atoms with van der Waals surface area (Å²) >= 11 is 6.18. The predicted molar refractivity (Wildman–Crippen MR) is 144 cm³/mol. The summed E-state index contributed by atoms with van der Waals surface area (Å²) in [5.41, 5.74) is 1.04. The van der Waals surface area contributed by atoms with Gasteiger partial charge in [-0.15, -0.1) is 0 Å². The van der Waals surface area contributed by atoms with Crippen LogP contribution in [-0.2, 0) is 26.2 Å². The molecule has 8 nitrogen and oxygen atoms in total. The highest BCUT2D eigenvalue weighted by atomic mass is 35.5. The zero-order valence-corrected chi connectivity index (χ0v) is 22.5. The van der Waals surface area contributed by atoms with Gasteiger partial charge in [-0.1, -0.05) is 54.9 Å². The fraction of sp³-hybridized carbons (Fsp3) is 0.259. The number of ether oxygens (including phenoxy) is 1. The molecule has 3 aromatic rings. The third-order valence-corrected chi connectivity index (χ3v) is 7.87. The van der Waals surface area contributed by atoms with Gasteiger partial charge in [0.05, 0.1) is 17.7 Å². The lowest BCUT2D eigenvalue weighted by Crippen LogP contribution is -2.51. The van der Waals surface area contributed by atoms with E-state index in [9.17, 15) is 18.0 Å². The zero-order valence-electron chi connectivity index (χ0n) is 20.9. The van der Waals surface area contributed by atoms with E-state index in [4.69, 9.17) is 16.3 Å². The van der Waals surface area contributed by atoms with Gasteiger partial charge < -0.3 is 15.0 Å². The molecule has 0 unspecified atom stereocenters. The second-order valence-corrected chi connectivity index (χ2v) is 10.5. The maximum atomic E-state index is 13.8. The minimum absolute atomic E-state index is 0.0194. The quantitative estimate of drug-likeness (QED) is 0.393. The van der Waals surface area contributed by atoms with E-state index in [1.165, 1.54) is 49.4 Å². The van der Waals surface area contributed by atoms with Crippen LogP contribution in [0.15, 0.2) is 83.8 Å². The number of halogens is 1. The van der Waals surface area contributed by atoms with Gasteiger partial charge in [0.2, 0.25) is 11.8 Å². The summed E-state index contributed by atoms with van der Waals surface area (Å²) in [7, 11) is -1.20. The molecule has 0 radical (unpaired) electrons. The summed E-state index contributed by atoms with van der Waals surface area (Å²) in [6.07, 6.45) is 0.348. The summed E-state index contributed by atoms with van der Waals surface area (Å²) in [6, 6.07) is 20.6. The molecule has 0 aliphatic rings. The number of anilines is 1. The standard InChI is InChI=1S/C27H30ClN3O5S/c1-4-25(27(33)29-2)30(18-20-9-6-5-7-10-20)26(32)19-31(22-12-8-11-21(28)17-22)37(34,35)24-15-13-23(36-3)14-16-24/h5-17,25H,4,18-19H2,1-3H3,(H,29,33)/t25-/m1/s1. The van der Waals surface area contributed by atoms with Crippen LogP contribution in [-0.4, -0.2) is 51.9 Å². The number of sulfonamides is 1. The van der Waals surface area contributed by atoms with Crippen LogP contribution in [0.3, 0.4) is 0 Å². The summed E-state index contributed by atoms with van der Waals surface area (Å²) in [4.78, 5) is 27.9. The number of rotatable bonds is 11. The zero-order chi connectivity index (χ0) is 27.0. The predicted octanol–water partition coefficient (Wildman–Crippen LogP) is 4.10. The van der Waals surface area contributed by atoms with Gasteiger partial charge in [0, 0.05) is 18.6 Å². The first-order valence-electron chi connectivity index (χ1n) is 11.7. The SMILES string of the molecule is CC[C@H](C(=O)NC)N(Cc1ccccc1)C(=O)CN(c1cccc(Cl)c1)S(=O)(=O)c1ccc(OC)cc1. The van der Waals surface area contributed by atoms with Crippen molar-refractivity contribution in [1.29, 1.82) is 0 Å². The lowest BCUT2D eigenvalue weighted by atomic mass is 10.1. The number of carbonyl (C=O) groups is 2. The van der Waals surface area contributed by atoms with Gasteiger partial charge in [0.25, 0.3) is 10.0 Å². The van der Waals surface area contributed by atoms with E-state index >= 15 is 0 Å². The van der Waals surface area contributed by atoms with Crippen LogP contribution in [0.2, 0.25) is 5.02 Å². The maximum Gasteiger partial charge on any atom is 0.264 e. The van der Waals surface area contributed by atoms with Gasteiger partial charge in [-0.3, -0.25) is 13.9 Å². The molecule has 0 aliphatic heterocycles. The number of nitrogens with one attached hydrogen (secondary N) is 1. The van der Waals surface area contributed by atoms with Crippen LogP contribution in [0.1, 0.15) is 18.9 Å². The summed E-state index contributed by atoms with van der Waals surface area (Å²) in [5, 5.41) is 2.92. The van der Waals surface area contributed by atoms with Crippen molar-refractivity contribution in [2.75, 3.05) is 25.0 Å². The van der Waals surface area contributed by atoms with Crippen molar-refractivity contribution in [3.63, 3.8) is 0 Å². The Hall–Kier alpha value is -3.56. The van der Waals surface area contributed by atoms with Gasteiger partial charge in [-0.2, -0.15) is 0 Å². The van der Waals surface area contributed by atoms with E-state index in [1.54, 1.807) is 25.1 Å². The molecule has 0 fully saturated rings. The summed E-state index contributed by atoms with van der Waals surface area (Å²) < 4.78 is 33.7. The Labute approximate surface area is 222 Å². The molecule has 0 aliphatic carbocycles. The number of likely N-dealkylation sites (N-methyl/N-ethyl adjacent to an activating group) is 1. The van der Waals surface area contributed by atoms with E-state index < -0.39 is 28.5 Å².